The molecule has 1 aromatic carbocycles. The summed E-state index contributed by atoms with van der Waals surface area (Å²) in [5, 5.41) is 3.02. The molecule has 0 aliphatic carbocycles. The second-order valence-electron chi connectivity index (χ2n) is 5.97. The van der Waals surface area contributed by atoms with Crippen LogP contribution in [0.25, 0.3) is 0 Å². The predicted molar refractivity (Wildman–Crippen MR) is 82.8 cm³/mol. The first-order valence-corrected chi connectivity index (χ1v) is 8.20. The first kappa shape index (κ1) is 15.5. The van der Waals surface area contributed by atoms with Crippen LogP contribution in [0.3, 0.4) is 0 Å². The Bertz CT molecular complexity index is 500. The first-order chi connectivity index (χ1) is 10.8. The maximum absolute atomic E-state index is 12.0. The van der Waals surface area contributed by atoms with E-state index in [0.717, 1.165) is 45.9 Å². The summed E-state index contributed by atoms with van der Waals surface area (Å²) in [6.45, 7) is 5.81. The van der Waals surface area contributed by atoms with Gasteiger partial charge in [-0.05, 0) is 17.5 Å². The zero-order valence-electron chi connectivity index (χ0n) is 13.0. The van der Waals surface area contributed by atoms with Crippen LogP contribution < -0.4 is 10.2 Å². The van der Waals surface area contributed by atoms with Crippen LogP contribution >= 0.6 is 0 Å². The highest BCUT2D eigenvalue weighted by Gasteiger charge is 2.21. The molecule has 5 nitrogen and oxygen atoms in total. The van der Waals surface area contributed by atoms with Crippen LogP contribution in [0.4, 0.5) is 0 Å². The number of rotatable bonds is 5. The topological polar surface area (TPSA) is 52.0 Å². The number of benzene rings is 1. The van der Waals surface area contributed by atoms with Gasteiger partial charge in [-0.15, -0.1) is 0 Å². The third-order valence-corrected chi connectivity index (χ3v) is 4.48. The summed E-state index contributed by atoms with van der Waals surface area (Å²) in [4.78, 5) is 13.5. The van der Waals surface area contributed by atoms with Crippen molar-refractivity contribution in [2.75, 3.05) is 46.0 Å². The summed E-state index contributed by atoms with van der Waals surface area (Å²) in [7, 11) is 0. The fourth-order valence-corrected chi connectivity index (χ4v) is 3.14. The molecular formula is C17H25N2O3+. The number of hydrogen-bond donors (Lipinski definition) is 2. The lowest BCUT2D eigenvalue weighted by atomic mass is 9.97. The smallest absolute Gasteiger partial charge is 0.225 e. The van der Waals surface area contributed by atoms with E-state index in [1.54, 1.807) is 0 Å². The van der Waals surface area contributed by atoms with Gasteiger partial charge in [0.15, 0.2) is 0 Å². The van der Waals surface area contributed by atoms with Gasteiger partial charge in [0, 0.05) is 6.54 Å². The molecule has 2 aliphatic rings. The number of hydrogen-bond acceptors (Lipinski definition) is 3. The molecule has 120 valence electrons. The second kappa shape index (κ2) is 7.72. The molecule has 1 unspecified atom stereocenters. The van der Waals surface area contributed by atoms with Crippen molar-refractivity contribution in [1.82, 2.24) is 5.32 Å². The number of morpholine rings is 1. The zero-order valence-corrected chi connectivity index (χ0v) is 13.0. The lowest BCUT2D eigenvalue weighted by molar-refractivity contribution is -0.907. The summed E-state index contributed by atoms with van der Waals surface area (Å²) < 4.78 is 11.1. The molecule has 1 saturated heterocycles. The standard InChI is InChI=1S/C17H24N2O3/c20-17(5-7-19-8-11-21-12-9-19)18-13-16-15-4-2-1-3-14(15)6-10-22-16/h1-4,16H,5-13H2,(H,18,20)/p+1. The van der Waals surface area contributed by atoms with Gasteiger partial charge in [0.2, 0.25) is 5.91 Å². The van der Waals surface area contributed by atoms with Crippen molar-refractivity contribution in [3.63, 3.8) is 0 Å². The summed E-state index contributed by atoms with van der Waals surface area (Å²) in [6.07, 6.45) is 1.52. The largest absolute Gasteiger partial charge is 0.371 e. The molecule has 1 amide bonds. The Hall–Kier alpha value is -1.43. The minimum absolute atomic E-state index is 0.00960. The number of nitrogens with one attached hydrogen (secondary N) is 2. The molecule has 0 spiro atoms. The molecule has 3 rings (SSSR count). The Labute approximate surface area is 131 Å². The summed E-state index contributed by atoms with van der Waals surface area (Å²) in [6, 6.07) is 8.34. The normalized spacial score (nSPS) is 22.1. The molecule has 0 saturated carbocycles. The molecule has 0 radical (unpaired) electrons. The van der Waals surface area contributed by atoms with Gasteiger partial charge in [-0.1, -0.05) is 24.3 Å². The fraction of sp³-hybridized carbons (Fsp3) is 0.588. The molecule has 0 aromatic heterocycles. The van der Waals surface area contributed by atoms with Crippen LogP contribution in [0.1, 0.15) is 23.7 Å². The van der Waals surface area contributed by atoms with Crippen molar-refractivity contribution in [3.05, 3.63) is 35.4 Å². The fourth-order valence-electron chi connectivity index (χ4n) is 3.14. The molecule has 2 heterocycles. The highest BCUT2D eigenvalue weighted by molar-refractivity contribution is 5.75. The Morgan fingerprint density at radius 3 is 2.91 bits per heavy atom. The minimum atomic E-state index is -0.00960. The highest BCUT2D eigenvalue weighted by Crippen LogP contribution is 2.26. The van der Waals surface area contributed by atoms with Gasteiger partial charge in [-0.3, -0.25) is 4.79 Å². The van der Waals surface area contributed by atoms with Crippen molar-refractivity contribution in [3.8, 4) is 0 Å². The monoisotopic (exact) mass is 305 g/mol. The van der Waals surface area contributed by atoms with Crippen molar-refractivity contribution in [2.24, 2.45) is 0 Å². The van der Waals surface area contributed by atoms with Crippen molar-refractivity contribution in [1.29, 1.82) is 0 Å². The van der Waals surface area contributed by atoms with Gasteiger partial charge in [0.1, 0.15) is 19.2 Å². The van der Waals surface area contributed by atoms with Gasteiger partial charge in [0.25, 0.3) is 0 Å². The van der Waals surface area contributed by atoms with Gasteiger partial charge >= 0.3 is 0 Å². The SMILES string of the molecule is O=C(CC[NH+]1CCOCC1)NCC1OCCc2ccccc21. The summed E-state index contributed by atoms with van der Waals surface area (Å²) >= 11 is 0. The van der Waals surface area contributed by atoms with E-state index in [9.17, 15) is 4.79 Å². The van der Waals surface area contributed by atoms with Crippen LogP contribution in [-0.2, 0) is 20.7 Å². The lowest BCUT2D eigenvalue weighted by Crippen LogP contribution is -3.14. The minimum Gasteiger partial charge on any atom is -0.371 e. The first-order valence-electron chi connectivity index (χ1n) is 8.20. The van der Waals surface area contributed by atoms with E-state index in [0.29, 0.717) is 13.0 Å². The average molecular weight is 305 g/mol. The number of carbonyl (C=O) groups excluding carboxylic acids is 1. The average Bonchev–Trinajstić information content (AvgIpc) is 2.59. The van der Waals surface area contributed by atoms with Crippen LogP contribution in [-0.4, -0.2) is 51.9 Å². The van der Waals surface area contributed by atoms with Crippen LogP contribution in [0, 0.1) is 0 Å². The van der Waals surface area contributed by atoms with E-state index in [-0.39, 0.29) is 12.0 Å². The number of amides is 1. The Kier molecular flexibility index (Phi) is 5.43. The van der Waals surface area contributed by atoms with Crippen molar-refractivity contribution >= 4 is 5.91 Å². The van der Waals surface area contributed by atoms with E-state index in [1.165, 1.54) is 16.0 Å². The van der Waals surface area contributed by atoms with Gasteiger partial charge < -0.3 is 19.7 Å². The van der Waals surface area contributed by atoms with Crippen molar-refractivity contribution in [2.45, 2.75) is 18.9 Å². The van der Waals surface area contributed by atoms with E-state index in [1.807, 2.05) is 6.07 Å². The number of ether oxygens (including phenoxy) is 2. The Balaban J connectivity index is 1.43. The molecular weight excluding hydrogens is 280 g/mol. The number of carbonyl (C=O) groups is 1. The zero-order chi connectivity index (χ0) is 15.2. The Morgan fingerprint density at radius 1 is 1.23 bits per heavy atom. The van der Waals surface area contributed by atoms with Crippen molar-refractivity contribution < 1.29 is 19.2 Å². The number of quaternary nitrogens is 1. The third-order valence-electron chi connectivity index (χ3n) is 4.48. The van der Waals surface area contributed by atoms with E-state index < -0.39 is 0 Å². The third kappa shape index (κ3) is 4.06. The Morgan fingerprint density at radius 2 is 2.05 bits per heavy atom. The van der Waals surface area contributed by atoms with Gasteiger partial charge in [-0.2, -0.15) is 0 Å². The molecule has 1 fully saturated rings. The predicted octanol–water partition coefficient (Wildman–Crippen LogP) is -0.278. The summed E-state index contributed by atoms with van der Waals surface area (Å²) in [5.74, 6) is 0.116. The van der Waals surface area contributed by atoms with E-state index in [4.69, 9.17) is 9.47 Å². The molecule has 1 atom stereocenters. The van der Waals surface area contributed by atoms with Gasteiger partial charge in [0.05, 0.1) is 32.8 Å². The van der Waals surface area contributed by atoms with E-state index >= 15 is 0 Å². The molecule has 5 heteroatoms. The molecule has 0 bridgehead atoms. The van der Waals surface area contributed by atoms with Crippen LogP contribution in [0.5, 0.6) is 0 Å². The molecule has 2 N–H and O–H groups in total. The van der Waals surface area contributed by atoms with E-state index in [2.05, 4.69) is 23.5 Å². The quantitative estimate of drug-likeness (QED) is 0.787. The van der Waals surface area contributed by atoms with Crippen LogP contribution in [0.15, 0.2) is 24.3 Å². The van der Waals surface area contributed by atoms with Crippen LogP contribution in [0.2, 0.25) is 0 Å². The molecule has 1 aromatic rings. The lowest BCUT2D eigenvalue weighted by Gasteiger charge is -2.26. The molecule has 2 aliphatic heterocycles. The maximum Gasteiger partial charge on any atom is 0.225 e. The summed E-state index contributed by atoms with van der Waals surface area (Å²) in [5.41, 5.74) is 2.55. The highest BCUT2D eigenvalue weighted by atomic mass is 16.5. The molecule has 22 heavy (non-hydrogen) atoms. The van der Waals surface area contributed by atoms with Gasteiger partial charge in [-0.25, -0.2) is 0 Å². The number of fused-ring (bicyclic) bond motifs is 1. The second-order valence-corrected chi connectivity index (χ2v) is 5.97. The maximum atomic E-state index is 12.0.